The van der Waals surface area contributed by atoms with Crippen molar-refractivity contribution in [2.45, 2.75) is 32.6 Å². The van der Waals surface area contributed by atoms with Crippen molar-refractivity contribution in [2.24, 2.45) is 0 Å². The molecular weight excluding hydrogens is 392 g/mol. The minimum Gasteiger partial charge on any atom is -0.493 e. The fourth-order valence-corrected chi connectivity index (χ4v) is 5.71. The molecule has 3 rings (SSSR count). The van der Waals surface area contributed by atoms with Gasteiger partial charge < -0.3 is 14.4 Å². The number of ether oxygens (including phenoxy) is 2. The zero-order valence-electron chi connectivity index (χ0n) is 17.2. The third-order valence-electron chi connectivity index (χ3n) is 5.45. The third-order valence-corrected chi connectivity index (χ3v) is 7.37. The molecule has 1 aromatic rings. The first-order valence-corrected chi connectivity index (χ1v) is 11.2. The van der Waals surface area contributed by atoms with Gasteiger partial charge in [-0.2, -0.15) is 0 Å². The van der Waals surface area contributed by atoms with E-state index in [0.29, 0.717) is 41.4 Å². The molecule has 0 atom stereocenters. The number of sulfonamides is 1. The van der Waals surface area contributed by atoms with E-state index in [9.17, 15) is 13.2 Å². The average Bonchev–Trinajstić information content (AvgIpc) is 2.99. The molecule has 0 unspecified atom stereocenters. The molecule has 0 saturated carbocycles. The number of fused-ring (bicyclic) bond motifs is 1. The number of nitrogens with zero attached hydrogens (tertiary/aromatic N) is 2. The van der Waals surface area contributed by atoms with Crippen molar-refractivity contribution in [1.82, 2.24) is 4.90 Å². The van der Waals surface area contributed by atoms with Crippen LogP contribution in [0.2, 0.25) is 0 Å². The largest absolute Gasteiger partial charge is 0.493 e. The molecule has 0 spiro atoms. The molecule has 2 heterocycles. The van der Waals surface area contributed by atoms with E-state index >= 15 is 0 Å². The number of hydrogen-bond acceptors (Lipinski definition) is 5. The number of carbonyl (C=O) groups excluding carboxylic acids is 1. The number of carbonyl (C=O) groups is 1. The third kappa shape index (κ3) is 3.73. The molecule has 2 aliphatic rings. The molecule has 0 aromatic heterocycles. The van der Waals surface area contributed by atoms with Crippen LogP contribution < -0.4 is 13.8 Å². The molecule has 8 heteroatoms. The smallest absolute Gasteiger partial charge is 0.270 e. The molecule has 1 amide bonds. The van der Waals surface area contributed by atoms with Crippen molar-refractivity contribution in [1.29, 1.82) is 0 Å². The molecule has 29 heavy (non-hydrogen) atoms. The molecule has 1 saturated heterocycles. The molecule has 0 N–H and O–H groups in total. The monoisotopic (exact) mass is 420 g/mol. The highest BCUT2D eigenvalue weighted by molar-refractivity contribution is 7.97. The SMILES string of the molecule is C=CCN1c2cc(OC)c(OC)cc2C(C)=C(C(=O)N2CCCCCC2)S1(=O)=O. The lowest BCUT2D eigenvalue weighted by Crippen LogP contribution is -2.43. The summed E-state index contributed by atoms with van der Waals surface area (Å²) in [6, 6.07) is 3.36. The van der Waals surface area contributed by atoms with Crippen LogP contribution in [0.5, 0.6) is 11.5 Å². The van der Waals surface area contributed by atoms with Crippen molar-refractivity contribution < 1.29 is 22.7 Å². The van der Waals surface area contributed by atoms with Crippen LogP contribution in [0.3, 0.4) is 0 Å². The van der Waals surface area contributed by atoms with Crippen LogP contribution in [-0.4, -0.2) is 53.1 Å². The first kappa shape index (κ1) is 21.2. The maximum absolute atomic E-state index is 13.5. The standard InChI is InChI=1S/C21H28N2O5S/c1-5-10-23-17-14-19(28-4)18(27-3)13-16(17)15(2)20(29(23,25)26)21(24)22-11-8-6-7-9-12-22/h5,13-14H,1,6-12H2,2-4H3. The van der Waals surface area contributed by atoms with E-state index in [1.165, 1.54) is 24.6 Å². The van der Waals surface area contributed by atoms with E-state index in [1.54, 1.807) is 24.0 Å². The van der Waals surface area contributed by atoms with E-state index in [4.69, 9.17) is 9.47 Å². The van der Waals surface area contributed by atoms with Crippen LogP contribution in [0.25, 0.3) is 5.57 Å². The Morgan fingerprint density at radius 2 is 1.69 bits per heavy atom. The summed E-state index contributed by atoms with van der Waals surface area (Å²) in [4.78, 5) is 14.9. The zero-order valence-corrected chi connectivity index (χ0v) is 18.0. The van der Waals surface area contributed by atoms with Crippen LogP contribution in [0, 0.1) is 0 Å². The van der Waals surface area contributed by atoms with E-state index < -0.39 is 15.9 Å². The molecule has 2 aliphatic heterocycles. The summed E-state index contributed by atoms with van der Waals surface area (Å²) in [6.45, 7) is 6.57. The fourth-order valence-electron chi connectivity index (χ4n) is 3.93. The Balaban J connectivity index is 2.21. The van der Waals surface area contributed by atoms with Crippen LogP contribution in [-0.2, 0) is 14.8 Å². The first-order chi connectivity index (χ1) is 13.9. The Labute approximate surface area is 172 Å². The van der Waals surface area contributed by atoms with E-state index in [2.05, 4.69) is 6.58 Å². The predicted octanol–water partition coefficient (Wildman–Crippen LogP) is 3.17. The Kier molecular flexibility index (Phi) is 6.21. The van der Waals surface area contributed by atoms with Gasteiger partial charge in [-0.25, -0.2) is 8.42 Å². The number of amides is 1. The molecule has 0 aliphatic carbocycles. The maximum atomic E-state index is 13.5. The van der Waals surface area contributed by atoms with E-state index in [-0.39, 0.29) is 11.4 Å². The Morgan fingerprint density at radius 3 is 2.24 bits per heavy atom. The van der Waals surface area contributed by atoms with E-state index in [1.807, 2.05) is 0 Å². The minimum absolute atomic E-state index is 0.0505. The predicted molar refractivity (Wildman–Crippen MR) is 114 cm³/mol. The summed E-state index contributed by atoms with van der Waals surface area (Å²) >= 11 is 0. The summed E-state index contributed by atoms with van der Waals surface area (Å²) < 4.78 is 39.0. The highest BCUT2D eigenvalue weighted by Crippen LogP contribution is 2.45. The van der Waals surface area contributed by atoms with Crippen molar-refractivity contribution >= 4 is 27.2 Å². The molecule has 0 bridgehead atoms. The number of likely N-dealkylation sites (tertiary alicyclic amines) is 1. The topological polar surface area (TPSA) is 76.2 Å². The molecule has 1 aromatic carbocycles. The summed E-state index contributed by atoms with van der Waals surface area (Å²) in [7, 11) is -1.02. The van der Waals surface area contributed by atoms with Crippen molar-refractivity contribution in [2.75, 3.05) is 38.2 Å². The number of rotatable bonds is 5. The van der Waals surface area contributed by atoms with Crippen LogP contribution in [0.15, 0.2) is 29.7 Å². The van der Waals surface area contributed by atoms with Gasteiger partial charge in [-0.1, -0.05) is 18.9 Å². The van der Waals surface area contributed by atoms with Gasteiger partial charge in [0.1, 0.15) is 0 Å². The Morgan fingerprint density at radius 1 is 1.10 bits per heavy atom. The van der Waals surface area contributed by atoms with Crippen LogP contribution in [0.1, 0.15) is 38.2 Å². The molecule has 158 valence electrons. The summed E-state index contributed by atoms with van der Waals surface area (Å²) in [5.41, 5.74) is 1.51. The lowest BCUT2D eigenvalue weighted by Gasteiger charge is -2.34. The van der Waals surface area contributed by atoms with Gasteiger partial charge in [-0.15, -0.1) is 6.58 Å². The Bertz CT molecular complexity index is 944. The van der Waals surface area contributed by atoms with Gasteiger partial charge in [0.05, 0.1) is 26.5 Å². The highest BCUT2D eigenvalue weighted by atomic mass is 32.2. The maximum Gasteiger partial charge on any atom is 0.270 e. The minimum atomic E-state index is -4.04. The normalized spacial score (nSPS) is 18.7. The zero-order chi connectivity index (χ0) is 21.2. The van der Waals surface area contributed by atoms with Crippen molar-refractivity contribution in [3.05, 3.63) is 35.3 Å². The van der Waals surface area contributed by atoms with Crippen molar-refractivity contribution in [3.8, 4) is 11.5 Å². The highest BCUT2D eigenvalue weighted by Gasteiger charge is 2.41. The number of allylic oxidation sites excluding steroid dienone is 1. The lowest BCUT2D eigenvalue weighted by molar-refractivity contribution is -0.126. The lowest BCUT2D eigenvalue weighted by atomic mass is 10.0. The second-order valence-electron chi connectivity index (χ2n) is 7.21. The number of methoxy groups -OCH3 is 2. The number of benzene rings is 1. The quantitative estimate of drug-likeness (QED) is 0.684. The van der Waals surface area contributed by atoms with Gasteiger partial charge >= 0.3 is 0 Å². The van der Waals surface area contributed by atoms with Crippen LogP contribution >= 0.6 is 0 Å². The first-order valence-electron chi connectivity index (χ1n) is 9.77. The summed E-state index contributed by atoms with van der Waals surface area (Å²) in [6.07, 6.45) is 5.38. The molecule has 1 fully saturated rings. The van der Waals surface area contributed by atoms with Gasteiger partial charge in [0.15, 0.2) is 16.4 Å². The van der Waals surface area contributed by atoms with Gasteiger partial charge in [-0.3, -0.25) is 9.10 Å². The second-order valence-corrected chi connectivity index (χ2v) is 9.01. The average molecular weight is 421 g/mol. The van der Waals surface area contributed by atoms with Crippen LogP contribution in [0.4, 0.5) is 5.69 Å². The Hall–Kier alpha value is -2.48. The fraction of sp³-hybridized carbons (Fsp3) is 0.476. The van der Waals surface area contributed by atoms with Gasteiger partial charge in [0.25, 0.3) is 15.9 Å². The van der Waals surface area contributed by atoms with Gasteiger partial charge in [0, 0.05) is 24.7 Å². The van der Waals surface area contributed by atoms with Gasteiger partial charge in [-0.05, 0) is 31.4 Å². The molecular formula is C21H28N2O5S. The van der Waals surface area contributed by atoms with Crippen molar-refractivity contribution in [3.63, 3.8) is 0 Å². The summed E-state index contributed by atoms with van der Waals surface area (Å²) in [5.74, 6) is 0.467. The van der Waals surface area contributed by atoms with Gasteiger partial charge in [0.2, 0.25) is 0 Å². The molecule has 0 radical (unpaired) electrons. The second kappa shape index (κ2) is 8.49. The van der Waals surface area contributed by atoms with E-state index in [0.717, 1.165) is 25.7 Å². The summed E-state index contributed by atoms with van der Waals surface area (Å²) in [5, 5.41) is 0. The number of anilines is 1. The molecule has 7 nitrogen and oxygen atoms in total. The number of hydrogen-bond donors (Lipinski definition) is 0.